The van der Waals surface area contributed by atoms with Gasteiger partial charge in [0.15, 0.2) is 0 Å². The highest BCUT2D eigenvalue weighted by Crippen LogP contribution is 2.29. The van der Waals surface area contributed by atoms with E-state index in [2.05, 4.69) is 43.8 Å². The molecule has 1 aromatic carbocycles. The van der Waals surface area contributed by atoms with Gasteiger partial charge < -0.3 is 15.3 Å². The molecule has 160 valence electrons. The smallest absolute Gasteiger partial charge is 0.0811 e. The Kier molecular flexibility index (Phi) is 8.88. The molecular formula is C26H38O3. The zero-order valence-electron chi connectivity index (χ0n) is 18.3. The predicted octanol–water partition coefficient (Wildman–Crippen LogP) is 5.35. The zero-order chi connectivity index (χ0) is 21.4. The third kappa shape index (κ3) is 7.93. The second-order valence-corrected chi connectivity index (χ2v) is 8.95. The van der Waals surface area contributed by atoms with Crippen LogP contribution in [0.5, 0.6) is 0 Å². The molecule has 0 spiro atoms. The van der Waals surface area contributed by atoms with Crippen LogP contribution < -0.4 is 0 Å². The number of rotatable bonds is 9. The van der Waals surface area contributed by atoms with Gasteiger partial charge in [-0.2, -0.15) is 0 Å². The van der Waals surface area contributed by atoms with Crippen molar-refractivity contribution in [2.45, 2.75) is 89.9 Å². The third-order valence-corrected chi connectivity index (χ3v) is 5.68. The van der Waals surface area contributed by atoms with Gasteiger partial charge in [-0.05, 0) is 73.8 Å². The van der Waals surface area contributed by atoms with Gasteiger partial charge in [-0.15, -0.1) is 0 Å². The quantitative estimate of drug-likeness (QED) is 0.491. The molecule has 1 aliphatic rings. The van der Waals surface area contributed by atoms with Crippen molar-refractivity contribution in [1.82, 2.24) is 0 Å². The summed E-state index contributed by atoms with van der Waals surface area (Å²) in [6, 6.07) is 8.71. The van der Waals surface area contributed by atoms with Crippen LogP contribution in [0, 0.1) is 0 Å². The van der Waals surface area contributed by atoms with Crippen LogP contribution in [-0.2, 0) is 6.42 Å². The van der Waals surface area contributed by atoms with Crippen molar-refractivity contribution in [2.24, 2.45) is 0 Å². The van der Waals surface area contributed by atoms with Crippen LogP contribution in [0.2, 0.25) is 0 Å². The van der Waals surface area contributed by atoms with Gasteiger partial charge >= 0.3 is 0 Å². The Balaban J connectivity index is 2.02. The maximum atomic E-state index is 10.0. The van der Waals surface area contributed by atoms with E-state index in [0.717, 1.165) is 49.7 Å². The number of aliphatic hydroxyl groups excluding tert-OH is 2. The molecule has 0 unspecified atom stereocenters. The Labute approximate surface area is 176 Å². The first-order valence-corrected chi connectivity index (χ1v) is 11.0. The van der Waals surface area contributed by atoms with Crippen molar-refractivity contribution in [3.63, 3.8) is 0 Å². The van der Waals surface area contributed by atoms with Crippen LogP contribution in [0.1, 0.15) is 76.8 Å². The molecule has 29 heavy (non-hydrogen) atoms. The van der Waals surface area contributed by atoms with Crippen LogP contribution in [0.25, 0.3) is 5.57 Å². The second kappa shape index (κ2) is 10.9. The van der Waals surface area contributed by atoms with Gasteiger partial charge in [0.1, 0.15) is 0 Å². The lowest BCUT2D eigenvalue weighted by Gasteiger charge is -2.26. The molecule has 0 saturated heterocycles. The zero-order valence-corrected chi connectivity index (χ0v) is 18.3. The molecule has 1 aliphatic carbocycles. The summed E-state index contributed by atoms with van der Waals surface area (Å²) in [5.41, 5.74) is 4.90. The molecule has 2 rings (SSSR count). The molecule has 1 fully saturated rings. The summed E-state index contributed by atoms with van der Waals surface area (Å²) in [4.78, 5) is 0. The third-order valence-electron chi connectivity index (χ3n) is 5.68. The van der Waals surface area contributed by atoms with E-state index in [1.54, 1.807) is 0 Å². The standard InChI is InChI=1S/C26H38O3/c1-5-21(13-14-22-17-24(27)18-25(28)19(22)2)23-12-9-11-20(16-23)10-7-6-8-15-26(3,4)29/h9,11-14,16,24-25,27-29H,2,5-8,10,15,17-18H2,1,3-4H3/t24-,25+/m1/s1. The molecular weight excluding hydrogens is 360 g/mol. The Morgan fingerprint density at radius 1 is 1.21 bits per heavy atom. The number of aliphatic hydroxyl groups is 3. The highest BCUT2D eigenvalue weighted by Gasteiger charge is 2.24. The Morgan fingerprint density at radius 2 is 1.97 bits per heavy atom. The molecule has 0 heterocycles. The van der Waals surface area contributed by atoms with E-state index >= 15 is 0 Å². The average Bonchev–Trinajstić information content (AvgIpc) is 2.65. The SMILES string of the molecule is C=C1C(=CC=C(CC)c2cccc(CCCCCC(C)(C)O)c2)C[C@@H](O)C[C@@H]1O. The van der Waals surface area contributed by atoms with Crippen molar-refractivity contribution < 1.29 is 15.3 Å². The van der Waals surface area contributed by atoms with Crippen LogP contribution in [-0.4, -0.2) is 33.1 Å². The van der Waals surface area contributed by atoms with Crippen LogP contribution in [0.3, 0.4) is 0 Å². The molecule has 1 saturated carbocycles. The minimum absolute atomic E-state index is 0.373. The molecule has 3 N–H and O–H groups in total. The lowest BCUT2D eigenvalue weighted by molar-refractivity contribution is 0.0680. The highest BCUT2D eigenvalue weighted by molar-refractivity contribution is 5.68. The van der Waals surface area contributed by atoms with Crippen LogP contribution in [0.15, 0.2) is 54.1 Å². The largest absolute Gasteiger partial charge is 0.393 e. The highest BCUT2D eigenvalue weighted by atomic mass is 16.3. The molecule has 0 aromatic heterocycles. The Hall–Kier alpha value is -1.68. The van der Waals surface area contributed by atoms with Crippen molar-refractivity contribution in [1.29, 1.82) is 0 Å². The minimum atomic E-state index is -0.650. The molecule has 0 bridgehead atoms. The molecule has 0 amide bonds. The van der Waals surface area contributed by atoms with E-state index in [4.69, 9.17) is 0 Å². The fraction of sp³-hybridized carbons (Fsp3) is 0.538. The van der Waals surface area contributed by atoms with Gasteiger partial charge in [-0.25, -0.2) is 0 Å². The summed E-state index contributed by atoms with van der Waals surface area (Å²) in [7, 11) is 0. The molecule has 3 nitrogen and oxygen atoms in total. The van der Waals surface area contributed by atoms with Crippen LogP contribution in [0.4, 0.5) is 0 Å². The molecule has 3 heteroatoms. The van der Waals surface area contributed by atoms with Gasteiger partial charge in [0.05, 0.1) is 17.8 Å². The first kappa shape index (κ1) is 23.6. The van der Waals surface area contributed by atoms with E-state index in [-0.39, 0.29) is 0 Å². The molecule has 1 aromatic rings. The topological polar surface area (TPSA) is 60.7 Å². The number of allylic oxidation sites excluding steroid dienone is 3. The van der Waals surface area contributed by atoms with Crippen molar-refractivity contribution in [3.05, 3.63) is 65.3 Å². The van der Waals surface area contributed by atoms with Gasteiger partial charge in [0, 0.05) is 6.42 Å². The van der Waals surface area contributed by atoms with Gasteiger partial charge in [0.25, 0.3) is 0 Å². The Morgan fingerprint density at radius 3 is 2.66 bits per heavy atom. The summed E-state index contributed by atoms with van der Waals surface area (Å²) in [6.45, 7) is 9.88. The number of hydrogen-bond acceptors (Lipinski definition) is 3. The maximum absolute atomic E-state index is 10.0. The van der Waals surface area contributed by atoms with E-state index < -0.39 is 17.8 Å². The lowest BCUT2D eigenvalue weighted by atomic mass is 9.86. The monoisotopic (exact) mass is 398 g/mol. The fourth-order valence-electron chi connectivity index (χ4n) is 3.87. The predicted molar refractivity (Wildman–Crippen MR) is 122 cm³/mol. The second-order valence-electron chi connectivity index (χ2n) is 8.95. The van der Waals surface area contributed by atoms with Gasteiger partial charge in [-0.1, -0.05) is 62.8 Å². The first-order valence-electron chi connectivity index (χ1n) is 11.0. The maximum Gasteiger partial charge on any atom is 0.0811 e. The first-order chi connectivity index (χ1) is 13.7. The summed E-state index contributed by atoms with van der Waals surface area (Å²) in [5.74, 6) is 0. The number of unbranched alkanes of at least 4 members (excludes halogenated alkanes) is 2. The number of hydrogen-bond donors (Lipinski definition) is 3. The normalized spacial score (nSPS) is 22.3. The summed E-state index contributed by atoms with van der Waals surface area (Å²) in [5, 5.41) is 29.8. The molecule has 0 aliphatic heterocycles. The summed E-state index contributed by atoms with van der Waals surface area (Å²) >= 11 is 0. The summed E-state index contributed by atoms with van der Waals surface area (Å²) < 4.78 is 0. The number of benzene rings is 1. The molecule has 2 atom stereocenters. The van der Waals surface area contributed by atoms with E-state index in [0.29, 0.717) is 12.8 Å². The van der Waals surface area contributed by atoms with Gasteiger partial charge in [-0.3, -0.25) is 0 Å². The van der Waals surface area contributed by atoms with E-state index in [1.807, 2.05) is 19.9 Å². The Bertz CT molecular complexity index is 737. The lowest BCUT2D eigenvalue weighted by Crippen LogP contribution is -2.26. The fourth-order valence-corrected chi connectivity index (χ4v) is 3.87. The van der Waals surface area contributed by atoms with Crippen LogP contribution >= 0.6 is 0 Å². The molecule has 0 radical (unpaired) electrons. The average molecular weight is 399 g/mol. The van der Waals surface area contributed by atoms with Crippen molar-refractivity contribution in [2.75, 3.05) is 0 Å². The van der Waals surface area contributed by atoms with Crippen molar-refractivity contribution in [3.8, 4) is 0 Å². The minimum Gasteiger partial charge on any atom is -0.393 e. The number of aryl methyl sites for hydroxylation is 1. The van der Waals surface area contributed by atoms with E-state index in [9.17, 15) is 15.3 Å². The van der Waals surface area contributed by atoms with E-state index in [1.165, 1.54) is 16.7 Å². The van der Waals surface area contributed by atoms with Crippen molar-refractivity contribution >= 4 is 5.57 Å². The van der Waals surface area contributed by atoms with Gasteiger partial charge in [0.2, 0.25) is 0 Å². The summed E-state index contributed by atoms with van der Waals surface area (Å²) in [6.07, 6.45) is 10.0.